The largest absolute Gasteiger partial charge is 0.381 e. The molecule has 0 atom stereocenters. The van der Waals surface area contributed by atoms with Crippen molar-refractivity contribution < 1.29 is 14.3 Å². The highest BCUT2D eigenvalue weighted by Gasteiger charge is 2.27. The van der Waals surface area contributed by atoms with Gasteiger partial charge in [0, 0.05) is 30.4 Å². The van der Waals surface area contributed by atoms with E-state index in [9.17, 15) is 9.59 Å². The third-order valence-corrected chi connectivity index (χ3v) is 3.99. The fourth-order valence-electron chi connectivity index (χ4n) is 2.62. The zero-order chi connectivity index (χ0) is 13.4. The molecule has 5 heteroatoms. The Morgan fingerprint density at radius 1 is 1.32 bits per heavy atom. The minimum absolute atomic E-state index is 0.0191. The fourth-order valence-corrected chi connectivity index (χ4v) is 2.87. The summed E-state index contributed by atoms with van der Waals surface area (Å²) in [5.41, 5.74) is 2.10. The Balaban J connectivity index is 1.90. The summed E-state index contributed by atoms with van der Waals surface area (Å²) in [7, 11) is 0. The zero-order valence-electron chi connectivity index (χ0n) is 10.4. The van der Waals surface area contributed by atoms with Crippen LogP contribution in [0.15, 0.2) is 12.1 Å². The lowest BCUT2D eigenvalue weighted by atomic mass is 9.90. The highest BCUT2D eigenvalue weighted by molar-refractivity contribution is 6.34. The van der Waals surface area contributed by atoms with Gasteiger partial charge in [-0.2, -0.15) is 0 Å². The van der Waals surface area contributed by atoms with Gasteiger partial charge >= 0.3 is 0 Å². The monoisotopic (exact) mass is 279 g/mol. The third-order valence-electron chi connectivity index (χ3n) is 3.68. The number of rotatable bonds is 2. The molecule has 3 rings (SSSR count). The number of benzene rings is 1. The Morgan fingerprint density at radius 2 is 2.05 bits per heavy atom. The minimum atomic E-state index is -0.0540. The number of ketones is 1. The Bertz CT molecular complexity index is 550. The molecular weight excluding hydrogens is 266 g/mol. The second kappa shape index (κ2) is 4.94. The van der Waals surface area contributed by atoms with Crippen molar-refractivity contribution in [2.45, 2.75) is 19.3 Å². The first-order valence-corrected chi connectivity index (χ1v) is 6.77. The summed E-state index contributed by atoms with van der Waals surface area (Å²) in [6, 6.07) is 3.43. The van der Waals surface area contributed by atoms with Crippen molar-refractivity contribution in [2.75, 3.05) is 18.5 Å². The maximum atomic E-state index is 12.5. The summed E-state index contributed by atoms with van der Waals surface area (Å²) < 4.78 is 5.26. The topological polar surface area (TPSA) is 55.4 Å². The van der Waals surface area contributed by atoms with E-state index in [-0.39, 0.29) is 17.6 Å². The average molecular weight is 280 g/mol. The first-order valence-electron chi connectivity index (χ1n) is 6.39. The van der Waals surface area contributed by atoms with Crippen LogP contribution in [0, 0.1) is 5.92 Å². The SMILES string of the molecule is O=C1Cc2cc(C(=O)C3CCOCC3)c(Cl)cc2N1. The molecule has 2 aliphatic heterocycles. The predicted molar refractivity (Wildman–Crippen MR) is 71.7 cm³/mol. The molecular formula is C14H14ClNO3. The lowest BCUT2D eigenvalue weighted by molar-refractivity contribution is -0.115. The van der Waals surface area contributed by atoms with Crippen LogP contribution in [0.5, 0.6) is 0 Å². The molecule has 19 heavy (non-hydrogen) atoms. The molecule has 1 aromatic rings. The van der Waals surface area contributed by atoms with E-state index in [2.05, 4.69) is 5.32 Å². The van der Waals surface area contributed by atoms with Crippen LogP contribution in [-0.4, -0.2) is 24.9 Å². The molecule has 0 spiro atoms. The van der Waals surface area contributed by atoms with E-state index < -0.39 is 0 Å². The molecule has 1 fully saturated rings. The first kappa shape index (κ1) is 12.6. The maximum Gasteiger partial charge on any atom is 0.228 e. The molecule has 1 aromatic carbocycles. The smallest absolute Gasteiger partial charge is 0.228 e. The minimum Gasteiger partial charge on any atom is -0.381 e. The number of carbonyl (C=O) groups is 2. The van der Waals surface area contributed by atoms with Crippen LogP contribution >= 0.6 is 11.6 Å². The lowest BCUT2D eigenvalue weighted by Crippen LogP contribution is -2.23. The van der Waals surface area contributed by atoms with E-state index in [1.54, 1.807) is 12.1 Å². The highest BCUT2D eigenvalue weighted by Crippen LogP contribution is 2.32. The van der Waals surface area contributed by atoms with Crippen LogP contribution in [0.3, 0.4) is 0 Å². The number of carbonyl (C=O) groups excluding carboxylic acids is 2. The number of nitrogens with one attached hydrogen (secondary N) is 1. The molecule has 2 heterocycles. The summed E-state index contributed by atoms with van der Waals surface area (Å²) in [4.78, 5) is 23.8. The van der Waals surface area contributed by atoms with Gasteiger partial charge < -0.3 is 10.1 Å². The van der Waals surface area contributed by atoms with Gasteiger partial charge in [-0.1, -0.05) is 11.6 Å². The number of hydrogen-bond acceptors (Lipinski definition) is 3. The van der Waals surface area contributed by atoms with Crippen molar-refractivity contribution in [3.8, 4) is 0 Å². The van der Waals surface area contributed by atoms with Gasteiger partial charge in [0.05, 0.1) is 11.4 Å². The molecule has 0 aliphatic carbocycles. The molecule has 0 radical (unpaired) electrons. The quantitative estimate of drug-likeness (QED) is 0.846. The average Bonchev–Trinajstić information content (AvgIpc) is 2.77. The van der Waals surface area contributed by atoms with Gasteiger partial charge in [-0.05, 0) is 30.5 Å². The van der Waals surface area contributed by atoms with E-state index in [1.807, 2.05) is 0 Å². The van der Waals surface area contributed by atoms with E-state index in [4.69, 9.17) is 16.3 Å². The number of hydrogen-bond donors (Lipinski definition) is 1. The first-order chi connectivity index (χ1) is 9.15. The lowest BCUT2D eigenvalue weighted by Gasteiger charge is -2.21. The number of fused-ring (bicyclic) bond motifs is 1. The number of Topliss-reactive ketones (excluding diaryl/α,β-unsaturated/α-hetero) is 1. The molecule has 1 amide bonds. The summed E-state index contributed by atoms with van der Waals surface area (Å²) in [6.07, 6.45) is 1.80. The summed E-state index contributed by atoms with van der Waals surface area (Å²) >= 11 is 6.17. The Labute approximate surface area is 116 Å². The van der Waals surface area contributed by atoms with Crippen molar-refractivity contribution in [2.24, 2.45) is 5.92 Å². The van der Waals surface area contributed by atoms with Crippen molar-refractivity contribution in [3.63, 3.8) is 0 Å². The number of halogens is 1. The van der Waals surface area contributed by atoms with Gasteiger partial charge in [-0.15, -0.1) is 0 Å². The summed E-state index contributed by atoms with van der Waals surface area (Å²) in [6.45, 7) is 1.25. The van der Waals surface area contributed by atoms with Gasteiger partial charge in [-0.3, -0.25) is 9.59 Å². The van der Waals surface area contributed by atoms with Crippen LogP contribution in [0.2, 0.25) is 5.02 Å². The van der Waals surface area contributed by atoms with Crippen LogP contribution in [0.1, 0.15) is 28.8 Å². The van der Waals surface area contributed by atoms with E-state index in [0.29, 0.717) is 30.2 Å². The highest BCUT2D eigenvalue weighted by atomic mass is 35.5. The van der Waals surface area contributed by atoms with Crippen LogP contribution in [0.25, 0.3) is 0 Å². The Morgan fingerprint density at radius 3 is 2.79 bits per heavy atom. The van der Waals surface area contributed by atoms with Crippen LogP contribution in [-0.2, 0) is 16.0 Å². The van der Waals surface area contributed by atoms with E-state index in [1.165, 1.54) is 0 Å². The van der Waals surface area contributed by atoms with Gasteiger partial charge in [0.25, 0.3) is 0 Å². The standard InChI is InChI=1S/C14H14ClNO3/c15-11-7-12-9(6-13(17)16-12)5-10(11)14(18)8-1-3-19-4-2-8/h5,7-8H,1-4,6H2,(H,16,17). The Kier molecular flexibility index (Phi) is 3.29. The zero-order valence-corrected chi connectivity index (χ0v) is 11.1. The molecule has 2 aliphatic rings. The second-order valence-electron chi connectivity index (χ2n) is 4.97. The van der Waals surface area contributed by atoms with E-state index >= 15 is 0 Å². The molecule has 1 saturated heterocycles. The Hall–Kier alpha value is -1.39. The van der Waals surface area contributed by atoms with Crippen molar-refractivity contribution in [1.29, 1.82) is 0 Å². The second-order valence-corrected chi connectivity index (χ2v) is 5.37. The van der Waals surface area contributed by atoms with Gasteiger partial charge in [-0.25, -0.2) is 0 Å². The molecule has 0 aromatic heterocycles. The predicted octanol–water partition coefficient (Wildman–Crippen LogP) is 2.44. The molecule has 1 N–H and O–H groups in total. The number of anilines is 1. The third kappa shape index (κ3) is 2.38. The molecule has 100 valence electrons. The van der Waals surface area contributed by atoms with Crippen molar-refractivity contribution in [1.82, 2.24) is 0 Å². The summed E-state index contributed by atoms with van der Waals surface area (Å²) in [5.74, 6) is -0.00783. The van der Waals surface area contributed by atoms with Crippen LogP contribution < -0.4 is 5.32 Å². The molecule has 0 bridgehead atoms. The molecule has 0 unspecified atom stereocenters. The van der Waals surface area contributed by atoms with Gasteiger partial charge in [0.2, 0.25) is 5.91 Å². The van der Waals surface area contributed by atoms with Gasteiger partial charge in [0.1, 0.15) is 0 Å². The summed E-state index contributed by atoms with van der Waals surface area (Å²) in [5, 5.41) is 3.14. The maximum absolute atomic E-state index is 12.5. The molecule has 4 nitrogen and oxygen atoms in total. The van der Waals surface area contributed by atoms with Crippen LogP contribution in [0.4, 0.5) is 5.69 Å². The van der Waals surface area contributed by atoms with Gasteiger partial charge in [0.15, 0.2) is 5.78 Å². The number of ether oxygens (including phenoxy) is 1. The van der Waals surface area contributed by atoms with E-state index in [0.717, 1.165) is 24.1 Å². The van der Waals surface area contributed by atoms with Crippen molar-refractivity contribution >= 4 is 29.0 Å². The fraction of sp³-hybridized carbons (Fsp3) is 0.429. The molecule has 0 saturated carbocycles. The normalized spacial score (nSPS) is 19.1. The van der Waals surface area contributed by atoms with Crippen molar-refractivity contribution in [3.05, 3.63) is 28.3 Å². The number of amides is 1.